The Labute approximate surface area is 140 Å². The van der Waals surface area contributed by atoms with Gasteiger partial charge in [0.1, 0.15) is 0 Å². The van der Waals surface area contributed by atoms with E-state index in [0.717, 1.165) is 32.6 Å². The normalized spacial score (nSPS) is 12.7. The molecule has 0 saturated carbocycles. The van der Waals surface area contributed by atoms with Crippen LogP contribution in [0.4, 0.5) is 0 Å². The minimum absolute atomic E-state index is 0.878. The topological polar surface area (TPSA) is 25.8 Å². The molecule has 2 heteroatoms. The van der Waals surface area contributed by atoms with Crippen LogP contribution in [0.1, 0.15) is 11.1 Å². The molecule has 0 radical (unpaired) electrons. The van der Waals surface area contributed by atoms with Gasteiger partial charge in [0.05, 0.1) is 10.9 Å². The summed E-state index contributed by atoms with van der Waals surface area (Å²) in [5.74, 6) is 0. The second kappa shape index (κ2) is 6.47. The van der Waals surface area contributed by atoms with Gasteiger partial charge in [0.15, 0.2) is 0 Å². The second-order valence-corrected chi connectivity index (χ2v) is 5.63. The van der Waals surface area contributed by atoms with Gasteiger partial charge in [-0.3, -0.25) is 0 Å². The van der Waals surface area contributed by atoms with E-state index in [4.69, 9.17) is 0 Å². The summed E-state index contributed by atoms with van der Waals surface area (Å²) in [5.41, 5.74) is 3.17. The third kappa shape index (κ3) is 2.95. The van der Waals surface area contributed by atoms with Crippen molar-refractivity contribution in [1.29, 1.82) is 0 Å². The van der Waals surface area contributed by atoms with Crippen molar-refractivity contribution in [2.45, 2.75) is 0 Å². The van der Waals surface area contributed by atoms with E-state index in [0.29, 0.717) is 0 Å². The van der Waals surface area contributed by atoms with Gasteiger partial charge >= 0.3 is 0 Å². The number of hydrogen-bond acceptors (Lipinski definition) is 2. The van der Waals surface area contributed by atoms with E-state index in [1.165, 1.54) is 0 Å². The number of nitrogens with zero attached hydrogens (tertiary/aromatic N) is 2. The molecule has 0 spiro atoms. The lowest BCUT2D eigenvalue weighted by Gasteiger charge is -2.00. The molecule has 4 rings (SSSR count). The fourth-order valence-corrected chi connectivity index (χ4v) is 2.77. The molecule has 0 amide bonds. The van der Waals surface area contributed by atoms with Gasteiger partial charge in [-0.1, -0.05) is 78.9 Å². The zero-order chi connectivity index (χ0) is 16.2. The summed E-state index contributed by atoms with van der Waals surface area (Å²) in [7, 11) is 0. The van der Waals surface area contributed by atoms with Crippen molar-refractivity contribution in [1.82, 2.24) is 10.2 Å². The SMILES string of the molecule is C(/c1ccccc1)=c1/nnc2ccccc2/c1=C\c1ccccc1. The molecule has 0 aliphatic rings. The molecular formula is C22H16N2. The molecule has 24 heavy (non-hydrogen) atoms. The standard InChI is InChI=1S/C22H16N2/c1-3-9-17(10-4-1)15-20-19-13-7-8-14-21(19)23-24-22(20)16-18-11-5-2-6-12-18/h1-16H/b20-15+,22-16-. The highest BCUT2D eigenvalue weighted by Gasteiger charge is 2.00. The fraction of sp³-hybridized carbons (Fsp3) is 0. The highest BCUT2D eigenvalue weighted by atomic mass is 15.1. The van der Waals surface area contributed by atoms with Gasteiger partial charge < -0.3 is 0 Å². The van der Waals surface area contributed by atoms with Crippen molar-refractivity contribution in [2.75, 3.05) is 0 Å². The summed E-state index contributed by atoms with van der Waals surface area (Å²) in [6.07, 6.45) is 4.25. The maximum Gasteiger partial charge on any atom is 0.0942 e. The van der Waals surface area contributed by atoms with E-state index < -0.39 is 0 Å². The van der Waals surface area contributed by atoms with Crippen LogP contribution < -0.4 is 10.6 Å². The van der Waals surface area contributed by atoms with Crippen molar-refractivity contribution in [2.24, 2.45) is 0 Å². The predicted molar refractivity (Wildman–Crippen MR) is 98.8 cm³/mol. The molecule has 3 aromatic carbocycles. The lowest BCUT2D eigenvalue weighted by molar-refractivity contribution is 1.02. The molecule has 0 aliphatic heterocycles. The highest BCUT2D eigenvalue weighted by Crippen LogP contribution is 2.05. The first-order valence-corrected chi connectivity index (χ1v) is 7.95. The van der Waals surface area contributed by atoms with E-state index in [1.54, 1.807) is 0 Å². The predicted octanol–water partition coefficient (Wildman–Crippen LogP) is 3.29. The molecule has 1 aromatic heterocycles. The van der Waals surface area contributed by atoms with Crippen LogP contribution >= 0.6 is 0 Å². The minimum Gasteiger partial charge on any atom is -0.150 e. The summed E-state index contributed by atoms with van der Waals surface area (Å²) >= 11 is 0. The number of hydrogen-bond donors (Lipinski definition) is 0. The summed E-state index contributed by atoms with van der Waals surface area (Å²) in [6, 6.07) is 28.7. The van der Waals surface area contributed by atoms with Gasteiger partial charge in [-0.25, -0.2) is 0 Å². The van der Waals surface area contributed by atoms with Crippen LogP contribution in [0.3, 0.4) is 0 Å². The number of benzene rings is 3. The Bertz CT molecular complexity index is 1090. The number of aromatic nitrogens is 2. The van der Waals surface area contributed by atoms with E-state index in [2.05, 4.69) is 52.7 Å². The van der Waals surface area contributed by atoms with E-state index in [9.17, 15) is 0 Å². The van der Waals surface area contributed by atoms with Crippen molar-refractivity contribution >= 4 is 23.1 Å². The average molecular weight is 308 g/mol. The largest absolute Gasteiger partial charge is 0.150 e. The van der Waals surface area contributed by atoms with Crippen LogP contribution in [-0.4, -0.2) is 10.2 Å². The Morgan fingerprint density at radius 3 is 1.83 bits per heavy atom. The summed E-state index contributed by atoms with van der Waals surface area (Å²) in [5, 5.41) is 11.9. The lowest BCUT2D eigenvalue weighted by atomic mass is 10.1. The molecule has 0 atom stereocenters. The van der Waals surface area contributed by atoms with Crippen molar-refractivity contribution < 1.29 is 0 Å². The maximum atomic E-state index is 4.46. The van der Waals surface area contributed by atoms with Gasteiger partial charge in [-0.15, -0.1) is 10.2 Å². The number of fused-ring (bicyclic) bond motifs is 1. The summed E-state index contributed by atoms with van der Waals surface area (Å²) < 4.78 is 0. The Hall–Kier alpha value is -3.26. The third-order valence-corrected chi connectivity index (χ3v) is 3.95. The van der Waals surface area contributed by atoms with Crippen molar-refractivity contribution in [3.05, 3.63) is 107 Å². The zero-order valence-corrected chi connectivity index (χ0v) is 13.1. The highest BCUT2D eigenvalue weighted by molar-refractivity contribution is 5.80. The van der Waals surface area contributed by atoms with Crippen LogP contribution in [-0.2, 0) is 0 Å². The molecule has 0 N–H and O–H groups in total. The molecule has 0 unspecified atom stereocenters. The van der Waals surface area contributed by atoms with Gasteiger partial charge in [0.25, 0.3) is 0 Å². The second-order valence-electron chi connectivity index (χ2n) is 5.63. The van der Waals surface area contributed by atoms with Crippen LogP contribution in [0.25, 0.3) is 23.1 Å². The molecular weight excluding hydrogens is 292 g/mol. The maximum absolute atomic E-state index is 4.46. The summed E-state index contributed by atoms with van der Waals surface area (Å²) in [4.78, 5) is 0. The van der Waals surface area contributed by atoms with Crippen LogP contribution in [0.5, 0.6) is 0 Å². The molecule has 0 bridgehead atoms. The Kier molecular flexibility index (Phi) is 3.86. The molecule has 0 aliphatic carbocycles. The first-order chi connectivity index (χ1) is 11.9. The van der Waals surface area contributed by atoms with Crippen LogP contribution in [0.2, 0.25) is 0 Å². The molecule has 0 fully saturated rings. The van der Waals surface area contributed by atoms with Gasteiger partial charge in [-0.2, -0.15) is 0 Å². The van der Waals surface area contributed by atoms with E-state index in [-0.39, 0.29) is 0 Å². The Balaban J connectivity index is 2.06. The van der Waals surface area contributed by atoms with Crippen LogP contribution in [0, 0.1) is 0 Å². The van der Waals surface area contributed by atoms with E-state index >= 15 is 0 Å². The monoisotopic (exact) mass is 308 g/mol. The zero-order valence-electron chi connectivity index (χ0n) is 13.1. The fourth-order valence-electron chi connectivity index (χ4n) is 2.77. The van der Waals surface area contributed by atoms with E-state index in [1.807, 2.05) is 54.6 Å². The molecule has 1 heterocycles. The van der Waals surface area contributed by atoms with Crippen molar-refractivity contribution in [3.63, 3.8) is 0 Å². The van der Waals surface area contributed by atoms with Crippen LogP contribution in [0.15, 0.2) is 84.9 Å². The minimum atomic E-state index is 0.878. The summed E-state index contributed by atoms with van der Waals surface area (Å²) in [6.45, 7) is 0. The smallest absolute Gasteiger partial charge is 0.0942 e. The quantitative estimate of drug-likeness (QED) is 0.568. The molecule has 114 valence electrons. The Morgan fingerprint density at radius 2 is 1.12 bits per heavy atom. The first-order valence-electron chi connectivity index (χ1n) is 7.95. The molecule has 4 aromatic rings. The van der Waals surface area contributed by atoms with Gasteiger partial charge in [-0.05, 0) is 29.3 Å². The Morgan fingerprint density at radius 1 is 0.542 bits per heavy atom. The molecule has 0 saturated heterocycles. The number of rotatable bonds is 2. The third-order valence-electron chi connectivity index (χ3n) is 3.95. The van der Waals surface area contributed by atoms with Gasteiger partial charge in [0, 0.05) is 10.6 Å². The molecule has 2 nitrogen and oxygen atoms in total. The van der Waals surface area contributed by atoms with Gasteiger partial charge in [0.2, 0.25) is 0 Å². The average Bonchev–Trinajstić information content (AvgIpc) is 2.65. The van der Waals surface area contributed by atoms with Crippen molar-refractivity contribution in [3.8, 4) is 0 Å². The first kappa shape index (κ1) is 14.3. The lowest BCUT2D eigenvalue weighted by Crippen LogP contribution is -2.30.